The summed E-state index contributed by atoms with van der Waals surface area (Å²) in [6, 6.07) is 20.4. The molecule has 0 radical (unpaired) electrons. The van der Waals surface area contributed by atoms with Gasteiger partial charge in [0, 0.05) is 32.7 Å². The van der Waals surface area contributed by atoms with E-state index in [0.29, 0.717) is 26.2 Å². The van der Waals surface area contributed by atoms with Crippen LogP contribution in [0.15, 0.2) is 60.7 Å². The number of alkyl halides is 3. The SMILES string of the molecule is O[C@H](CN1CCN(C(c2ccccc2)c2ccccc2)CC1)C(F)(F)F. The van der Waals surface area contributed by atoms with Gasteiger partial charge in [0.1, 0.15) is 0 Å². The number of hydrogen-bond acceptors (Lipinski definition) is 3. The number of aliphatic hydroxyl groups excluding tert-OH is 1. The summed E-state index contributed by atoms with van der Waals surface area (Å²) in [4.78, 5) is 3.98. The van der Waals surface area contributed by atoms with Crippen LogP contribution in [0.4, 0.5) is 13.2 Å². The van der Waals surface area contributed by atoms with Crippen LogP contribution in [-0.2, 0) is 0 Å². The standard InChI is InChI=1S/C20H23F3N2O/c21-20(22,23)18(26)15-24-11-13-25(14-12-24)19(16-7-3-1-4-8-16)17-9-5-2-6-10-17/h1-10,18-19,26H,11-15H2/t18-/m1/s1. The van der Waals surface area contributed by atoms with Crippen molar-refractivity contribution in [3.05, 3.63) is 71.8 Å². The molecule has 1 N–H and O–H groups in total. The molecule has 3 nitrogen and oxygen atoms in total. The molecule has 6 heteroatoms. The quantitative estimate of drug-likeness (QED) is 0.882. The first-order valence-corrected chi connectivity index (χ1v) is 8.76. The van der Waals surface area contributed by atoms with Gasteiger partial charge in [-0.05, 0) is 11.1 Å². The van der Waals surface area contributed by atoms with Gasteiger partial charge in [-0.25, -0.2) is 0 Å². The molecule has 2 aromatic carbocycles. The molecule has 1 atom stereocenters. The largest absolute Gasteiger partial charge is 0.415 e. The Morgan fingerprint density at radius 1 is 0.808 bits per heavy atom. The number of nitrogens with zero attached hydrogens (tertiary/aromatic N) is 2. The monoisotopic (exact) mass is 364 g/mol. The molecule has 2 aromatic rings. The van der Waals surface area contributed by atoms with Crippen LogP contribution in [0.25, 0.3) is 0 Å². The van der Waals surface area contributed by atoms with E-state index in [4.69, 9.17) is 0 Å². The highest BCUT2D eigenvalue weighted by Crippen LogP contribution is 2.29. The summed E-state index contributed by atoms with van der Waals surface area (Å²) in [5.41, 5.74) is 2.34. The first-order chi connectivity index (χ1) is 12.4. The van der Waals surface area contributed by atoms with E-state index in [9.17, 15) is 18.3 Å². The lowest BCUT2D eigenvalue weighted by molar-refractivity contribution is -0.209. The summed E-state index contributed by atoms with van der Waals surface area (Å²) in [6.07, 6.45) is -6.85. The zero-order chi connectivity index (χ0) is 18.6. The summed E-state index contributed by atoms with van der Waals surface area (Å²) in [5, 5.41) is 9.29. The molecule has 1 aliphatic heterocycles. The number of piperazine rings is 1. The summed E-state index contributed by atoms with van der Waals surface area (Å²) in [5.74, 6) is 0. The van der Waals surface area contributed by atoms with Crippen molar-refractivity contribution in [1.82, 2.24) is 9.80 Å². The van der Waals surface area contributed by atoms with Gasteiger partial charge in [-0.3, -0.25) is 9.80 Å². The van der Waals surface area contributed by atoms with Crippen molar-refractivity contribution in [3.8, 4) is 0 Å². The summed E-state index contributed by atoms with van der Waals surface area (Å²) < 4.78 is 37.7. The molecule has 0 aromatic heterocycles. The van der Waals surface area contributed by atoms with Gasteiger partial charge in [0.15, 0.2) is 6.10 Å². The van der Waals surface area contributed by atoms with Crippen LogP contribution in [0.2, 0.25) is 0 Å². The number of benzene rings is 2. The Labute approximate surface area is 151 Å². The molecule has 140 valence electrons. The number of hydrogen-bond donors (Lipinski definition) is 1. The van der Waals surface area contributed by atoms with Crippen LogP contribution < -0.4 is 0 Å². The highest BCUT2D eigenvalue weighted by atomic mass is 19.4. The minimum Gasteiger partial charge on any atom is -0.382 e. The van der Waals surface area contributed by atoms with Crippen LogP contribution in [0.5, 0.6) is 0 Å². The van der Waals surface area contributed by atoms with E-state index in [1.165, 1.54) is 11.1 Å². The number of rotatable bonds is 5. The van der Waals surface area contributed by atoms with E-state index < -0.39 is 12.3 Å². The van der Waals surface area contributed by atoms with Crippen molar-refractivity contribution < 1.29 is 18.3 Å². The van der Waals surface area contributed by atoms with Gasteiger partial charge >= 0.3 is 6.18 Å². The van der Waals surface area contributed by atoms with Crippen molar-refractivity contribution in [1.29, 1.82) is 0 Å². The number of β-amino-alcohol motifs (C(OH)–C–C–N with tert-alkyl or cyclic N) is 1. The molecule has 0 amide bonds. The topological polar surface area (TPSA) is 26.7 Å². The normalized spacial score (nSPS) is 18.2. The lowest BCUT2D eigenvalue weighted by Gasteiger charge is -2.40. The van der Waals surface area contributed by atoms with Crippen molar-refractivity contribution in [2.75, 3.05) is 32.7 Å². The van der Waals surface area contributed by atoms with E-state index in [2.05, 4.69) is 29.2 Å². The molecule has 1 aliphatic rings. The van der Waals surface area contributed by atoms with Gasteiger partial charge < -0.3 is 5.11 Å². The van der Waals surface area contributed by atoms with Crippen LogP contribution in [0.3, 0.4) is 0 Å². The van der Waals surface area contributed by atoms with E-state index >= 15 is 0 Å². The van der Waals surface area contributed by atoms with Crippen LogP contribution >= 0.6 is 0 Å². The first-order valence-electron chi connectivity index (χ1n) is 8.76. The van der Waals surface area contributed by atoms with Crippen molar-refractivity contribution in [3.63, 3.8) is 0 Å². The maximum absolute atomic E-state index is 12.6. The molecule has 1 saturated heterocycles. The summed E-state index contributed by atoms with van der Waals surface area (Å²) >= 11 is 0. The maximum atomic E-state index is 12.6. The average Bonchev–Trinajstić information content (AvgIpc) is 2.64. The zero-order valence-electron chi connectivity index (χ0n) is 14.4. The third-order valence-corrected chi connectivity index (χ3v) is 4.81. The fraction of sp³-hybridized carbons (Fsp3) is 0.400. The predicted molar refractivity (Wildman–Crippen MR) is 94.8 cm³/mol. The van der Waals surface area contributed by atoms with E-state index in [1.54, 1.807) is 4.90 Å². The second kappa shape index (κ2) is 8.20. The highest BCUT2D eigenvalue weighted by molar-refractivity contribution is 5.31. The number of halogens is 3. The van der Waals surface area contributed by atoms with Crippen molar-refractivity contribution >= 4 is 0 Å². The second-order valence-electron chi connectivity index (χ2n) is 6.62. The van der Waals surface area contributed by atoms with Crippen molar-refractivity contribution in [2.45, 2.75) is 18.3 Å². The lowest BCUT2D eigenvalue weighted by atomic mass is 9.96. The Balaban J connectivity index is 1.70. The summed E-state index contributed by atoms with van der Waals surface area (Å²) in [6.45, 7) is 1.95. The molecular weight excluding hydrogens is 341 g/mol. The van der Waals surface area contributed by atoms with Gasteiger partial charge in [0.05, 0.1) is 6.04 Å². The van der Waals surface area contributed by atoms with Gasteiger partial charge in [-0.2, -0.15) is 13.2 Å². The van der Waals surface area contributed by atoms with E-state index in [-0.39, 0.29) is 12.6 Å². The fourth-order valence-corrected chi connectivity index (χ4v) is 3.44. The van der Waals surface area contributed by atoms with Crippen LogP contribution in [0, 0.1) is 0 Å². The minimum atomic E-state index is -4.56. The van der Waals surface area contributed by atoms with E-state index in [0.717, 1.165) is 0 Å². The molecule has 26 heavy (non-hydrogen) atoms. The fourth-order valence-electron chi connectivity index (χ4n) is 3.44. The Kier molecular flexibility index (Phi) is 5.96. The molecule has 1 fully saturated rings. The second-order valence-corrected chi connectivity index (χ2v) is 6.62. The van der Waals surface area contributed by atoms with E-state index in [1.807, 2.05) is 36.4 Å². The molecule has 0 spiro atoms. The minimum absolute atomic E-state index is 0.0760. The molecule has 3 rings (SSSR count). The molecular formula is C20H23F3N2O. The summed E-state index contributed by atoms with van der Waals surface area (Å²) in [7, 11) is 0. The zero-order valence-corrected chi connectivity index (χ0v) is 14.4. The molecule has 0 aliphatic carbocycles. The van der Waals surface area contributed by atoms with Gasteiger partial charge in [0.25, 0.3) is 0 Å². The Bertz CT molecular complexity index is 631. The Morgan fingerprint density at radius 2 is 1.27 bits per heavy atom. The smallest absolute Gasteiger partial charge is 0.382 e. The molecule has 1 heterocycles. The first kappa shape index (κ1) is 18.9. The number of aliphatic hydroxyl groups is 1. The van der Waals surface area contributed by atoms with Crippen LogP contribution in [0.1, 0.15) is 17.2 Å². The highest BCUT2D eigenvalue weighted by Gasteiger charge is 2.39. The van der Waals surface area contributed by atoms with Gasteiger partial charge in [-0.15, -0.1) is 0 Å². The predicted octanol–water partition coefficient (Wildman–Crippen LogP) is 3.32. The average molecular weight is 364 g/mol. The molecule has 0 bridgehead atoms. The Hall–Kier alpha value is -1.89. The van der Waals surface area contributed by atoms with Crippen molar-refractivity contribution in [2.24, 2.45) is 0 Å². The van der Waals surface area contributed by atoms with Gasteiger partial charge in [-0.1, -0.05) is 60.7 Å². The van der Waals surface area contributed by atoms with Crippen LogP contribution in [-0.4, -0.2) is 59.9 Å². The third kappa shape index (κ3) is 4.63. The van der Waals surface area contributed by atoms with Gasteiger partial charge in [0.2, 0.25) is 0 Å². The third-order valence-electron chi connectivity index (χ3n) is 4.81. The molecule has 0 unspecified atom stereocenters. The maximum Gasteiger partial charge on any atom is 0.415 e. The molecule has 0 saturated carbocycles. The Morgan fingerprint density at radius 3 is 1.69 bits per heavy atom. The lowest BCUT2D eigenvalue weighted by Crippen LogP contribution is -2.51.